The van der Waals surface area contributed by atoms with E-state index >= 15 is 0 Å². The molecule has 0 fully saturated rings. The third-order valence-corrected chi connectivity index (χ3v) is 4.11. The van der Waals surface area contributed by atoms with Crippen LogP contribution in [0.25, 0.3) is 0 Å². The third kappa shape index (κ3) is 4.01. The first-order chi connectivity index (χ1) is 13.5. The van der Waals surface area contributed by atoms with E-state index in [-0.39, 0.29) is 17.4 Å². The van der Waals surface area contributed by atoms with E-state index in [2.05, 4.69) is 9.97 Å². The second-order valence-corrected chi connectivity index (χ2v) is 5.97. The zero-order valence-corrected chi connectivity index (χ0v) is 15.8. The summed E-state index contributed by atoms with van der Waals surface area (Å²) in [5.41, 5.74) is 1.56. The first kappa shape index (κ1) is 19.1. The van der Waals surface area contributed by atoms with Gasteiger partial charge < -0.3 is 14.4 Å². The van der Waals surface area contributed by atoms with Gasteiger partial charge in [-0.15, -0.1) is 0 Å². The predicted molar refractivity (Wildman–Crippen MR) is 106 cm³/mol. The van der Waals surface area contributed by atoms with Crippen LogP contribution in [-0.4, -0.2) is 28.5 Å². The molecule has 0 saturated heterocycles. The lowest BCUT2D eigenvalue weighted by molar-refractivity contribution is -0.385. The van der Waals surface area contributed by atoms with Gasteiger partial charge in [-0.1, -0.05) is 12.1 Å². The fourth-order valence-corrected chi connectivity index (χ4v) is 2.79. The van der Waals surface area contributed by atoms with Crippen molar-refractivity contribution in [2.75, 3.05) is 18.6 Å². The van der Waals surface area contributed by atoms with Crippen LogP contribution < -0.4 is 14.4 Å². The van der Waals surface area contributed by atoms with Crippen molar-refractivity contribution in [3.63, 3.8) is 0 Å². The van der Waals surface area contributed by atoms with E-state index in [4.69, 9.17) is 9.47 Å². The number of rotatable bonds is 7. The average Bonchev–Trinajstić information content (AvgIpc) is 2.69. The van der Waals surface area contributed by atoms with Gasteiger partial charge in [-0.3, -0.25) is 10.1 Å². The average molecular weight is 380 g/mol. The predicted octanol–water partition coefficient (Wildman–Crippen LogP) is 4.65. The van der Waals surface area contributed by atoms with E-state index < -0.39 is 4.92 Å². The molecule has 1 heterocycles. The molecular formula is C20H20N4O4. The van der Waals surface area contributed by atoms with E-state index in [0.29, 0.717) is 18.0 Å². The number of nitro groups is 1. The maximum atomic E-state index is 11.9. The molecule has 0 aliphatic carbocycles. The van der Waals surface area contributed by atoms with Crippen LogP contribution in [0.3, 0.4) is 0 Å². The van der Waals surface area contributed by atoms with Gasteiger partial charge in [-0.2, -0.15) is 4.98 Å². The number of aromatic nitrogens is 2. The number of benzene rings is 2. The Hall–Kier alpha value is -3.68. The highest BCUT2D eigenvalue weighted by Gasteiger charge is 2.29. The molecule has 0 atom stereocenters. The monoisotopic (exact) mass is 380 g/mol. The molecule has 0 aliphatic heterocycles. The van der Waals surface area contributed by atoms with E-state index in [1.807, 2.05) is 38.1 Å². The van der Waals surface area contributed by atoms with Crippen molar-refractivity contribution in [2.24, 2.45) is 0 Å². The Kier molecular flexibility index (Phi) is 5.69. The largest absolute Gasteiger partial charge is 0.497 e. The van der Waals surface area contributed by atoms with Gasteiger partial charge in [0.15, 0.2) is 0 Å². The van der Waals surface area contributed by atoms with Crippen LogP contribution in [0.15, 0.2) is 54.9 Å². The zero-order valence-electron chi connectivity index (χ0n) is 15.8. The summed E-state index contributed by atoms with van der Waals surface area (Å²) in [7, 11) is 1.56. The molecular weight excluding hydrogens is 360 g/mol. The van der Waals surface area contributed by atoms with Crippen LogP contribution in [0.4, 0.5) is 17.2 Å². The number of aryl methyl sites for hydroxylation is 1. The minimum absolute atomic E-state index is 0.119. The molecule has 3 aromatic rings. The van der Waals surface area contributed by atoms with Crippen molar-refractivity contribution in [2.45, 2.75) is 13.8 Å². The van der Waals surface area contributed by atoms with Crippen molar-refractivity contribution in [3.8, 4) is 17.4 Å². The van der Waals surface area contributed by atoms with Crippen molar-refractivity contribution in [3.05, 3.63) is 70.5 Å². The van der Waals surface area contributed by atoms with Crippen molar-refractivity contribution in [1.29, 1.82) is 0 Å². The second-order valence-electron chi connectivity index (χ2n) is 5.97. The van der Waals surface area contributed by atoms with Gasteiger partial charge in [0.05, 0.1) is 12.0 Å². The second kappa shape index (κ2) is 8.34. The molecule has 3 rings (SSSR count). The molecule has 0 bridgehead atoms. The highest BCUT2D eigenvalue weighted by Crippen LogP contribution is 2.39. The molecule has 0 aliphatic rings. The SMILES string of the molecule is CCN(c1cccc(C)c1)c1ncnc(Oc2ccc(OC)cc2)c1[N+](=O)[O-]. The van der Waals surface area contributed by atoms with Gasteiger partial charge >= 0.3 is 11.6 Å². The van der Waals surface area contributed by atoms with Crippen LogP contribution >= 0.6 is 0 Å². The Morgan fingerprint density at radius 1 is 1.11 bits per heavy atom. The zero-order chi connectivity index (χ0) is 20.1. The Labute approximate surface area is 162 Å². The first-order valence-corrected chi connectivity index (χ1v) is 8.69. The molecule has 0 amide bonds. The summed E-state index contributed by atoms with van der Waals surface area (Å²) in [4.78, 5) is 21.3. The van der Waals surface area contributed by atoms with Crippen molar-refractivity contribution >= 4 is 17.2 Å². The Bertz CT molecular complexity index is 976. The highest BCUT2D eigenvalue weighted by atomic mass is 16.6. The van der Waals surface area contributed by atoms with Gasteiger partial charge in [0.1, 0.15) is 17.8 Å². The summed E-state index contributed by atoms with van der Waals surface area (Å²) in [6.45, 7) is 4.35. The lowest BCUT2D eigenvalue weighted by Crippen LogP contribution is -2.19. The normalized spacial score (nSPS) is 10.4. The topological polar surface area (TPSA) is 90.6 Å². The standard InChI is InChI=1S/C20H20N4O4/c1-4-23(15-7-5-6-14(2)12-15)19-18(24(25)26)20(22-13-21-19)28-17-10-8-16(27-3)9-11-17/h5-13H,4H2,1-3H3. The van der Waals surface area contributed by atoms with Gasteiger partial charge in [0, 0.05) is 12.2 Å². The number of nitrogens with zero attached hydrogens (tertiary/aromatic N) is 4. The smallest absolute Gasteiger partial charge is 0.373 e. The van der Waals surface area contributed by atoms with E-state index in [1.165, 1.54) is 6.33 Å². The molecule has 28 heavy (non-hydrogen) atoms. The highest BCUT2D eigenvalue weighted by molar-refractivity contribution is 5.71. The summed E-state index contributed by atoms with van der Waals surface area (Å²) in [5.74, 6) is 1.12. The third-order valence-electron chi connectivity index (χ3n) is 4.11. The molecule has 144 valence electrons. The van der Waals surface area contributed by atoms with E-state index in [1.54, 1.807) is 36.3 Å². The first-order valence-electron chi connectivity index (χ1n) is 8.69. The van der Waals surface area contributed by atoms with Crippen LogP contribution in [-0.2, 0) is 0 Å². The fraction of sp³-hybridized carbons (Fsp3) is 0.200. The van der Waals surface area contributed by atoms with Crippen LogP contribution in [0, 0.1) is 17.0 Å². The van der Waals surface area contributed by atoms with Gasteiger partial charge in [-0.05, 0) is 55.8 Å². The quantitative estimate of drug-likeness (QED) is 0.435. The number of hydrogen-bond acceptors (Lipinski definition) is 7. The molecule has 8 nitrogen and oxygen atoms in total. The summed E-state index contributed by atoms with van der Waals surface area (Å²) < 4.78 is 10.8. The minimum atomic E-state index is -0.521. The van der Waals surface area contributed by atoms with Crippen molar-refractivity contribution < 1.29 is 14.4 Å². The van der Waals surface area contributed by atoms with Crippen LogP contribution in [0.1, 0.15) is 12.5 Å². The van der Waals surface area contributed by atoms with Gasteiger partial charge in [0.2, 0.25) is 5.82 Å². The molecule has 0 unspecified atom stereocenters. The maximum absolute atomic E-state index is 11.9. The summed E-state index contributed by atoms with van der Waals surface area (Å²) in [6.07, 6.45) is 1.26. The van der Waals surface area contributed by atoms with Crippen molar-refractivity contribution in [1.82, 2.24) is 9.97 Å². The number of ether oxygens (including phenoxy) is 2. The van der Waals surface area contributed by atoms with Gasteiger partial charge in [-0.25, -0.2) is 4.98 Å². The molecule has 8 heteroatoms. The van der Waals surface area contributed by atoms with Crippen LogP contribution in [0.2, 0.25) is 0 Å². The van der Waals surface area contributed by atoms with Crippen LogP contribution in [0.5, 0.6) is 17.4 Å². The Morgan fingerprint density at radius 2 is 1.82 bits per heavy atom. The lowest BCUT2D eigenvalue weighted by Gasteiger charge is -2.22. The number of anilines is 2. The molecule has 0 radical (unpaired) electrons. The Morgan fingerprint density at radius 3 is 2.43 bits per heavy atom. The lowest BCUT2D eigenvalue weighted by atomic mass is 10.2. The summed E-state index contributed by atoms with van der Waals surface area (Å²) in [5, 5.41) is 11.9. The Balaban J connectivity index is 2.04. The molecule has 0 N–H and O–H groups in total. The minimum Gasteiger partial charge on any atom is -0.497 e. The van der Waals surface area contributed by atoms with E-state index in [0.717, 1.165) is 11.3 Å². The summed E-state index contributed by atoms with van der Waals surface area (Å²) >= 11 is 0. The molecule has 0 spiro atoms. The number of methoxy groups -OCH3 is 1. The van der Waals surface area contributed by atoms with E-state index in [9.17, 15) is 10.1 Å². The molecule has 1 aromatic heterocycles. The number of hydrogen-bond donors (Lipinski definition) is 0. The van der Waals surface area contributed by atoms with Gasteiger partial charge in [0.25, 0.3) is 0 Å². The molecule has 2 aromatic carbocycles. The molecule has 0 saturated carbocycles. The fourth-order valence-electron chi connectivity index (χ4n) is 2.79. The summed E-state index contributed by atoms with van der Waals surface area (Å²) in [6, 6.07) is 14.4. The maximum Gasteiger partial charge on any atom is 0.373 e.